The molecule has 5 nitrogen and oxygen atoms in total. The Hall–Kier alpha value is -2.69. The quantitative estimate of drug-likeness (QED) is 0.763. The predicted molar refractivity (Wildman–Crippen MR) is 76.2 cm³/mol. The zero-order chi connectivity index (χ0) is 13.9. The summed E-state index contributed by atoms with van der Waals surface area (Å²) in [6.45, 7) is 2.47. The van der Waals surface area contributed by atoms with Crippen molar-refractivity contribution < 1.29 is 4.79 Å². The second kappa shape index (κ2) is 5.13. The van der Waals surface area contributed by atoms with Gasteiger partial charge in [-0.2, -0.15) is 5.10 Å². The number of hydrogen-bond donors (Lipinski definition) is 2. The molecule has 5 heteroatoms. The van der Waals surface area contributed by atoms with Crippen molar-refractivity contribution in [3.8, 4) is 0 Å². The number of nitrogens with zero attached hydrogens (tertiary/aromatic N) is 2. The molecule has 0 fully saturated rings. The van der Waals surface area contributed by atoms with E-state index in [-0.39, 0.29) is 5.91 Å². The molecule has 1 aromatic carbocycles. The standard InChI is InChI=1S/C15H14N4O/c1-10-4-5-16-7-13(10)8-17-15(20)11-2-3-12-9-18-19-14(12)6-11/h2-7,9H,8H2,1H3,(H,17,20)(H,18,19). The molecule has 0 atom stereocenters. The molecule has 20 heavy (non-hydrogen) atoms. The van der Waals surface area contributed by atoms with Gasteiger partial charge in [-0.05, 0) is 36.2 Å². The number of carbonyl (C=O) groups is 1. The van der Waals surface area contributed by atoms with Gasteiger partial charge in [0.25, 0.3) is 5.91 Å². The van der Waals surface area contributed by atoms with E-state index in [1.54, 1.807) is 30.7 Å². The summed E-state index contributed by atoms with van der Waals surface area (Å²) in [6.07, 6.45) is 5.25. The summed E-state index contributed by atoms with van der Waals surface area (Å²) in [5.41, 5.74) is 3.60. The van der Waals surface area contributed by atoms with Crippen molar-refractivity contribution in [2.45, 2.75) is 13.5 Å². The fraction of sp³-hybridized carbons (Fsp3) is 0.133. The van der Waals surface area contributed by atoms with E-state index < -0.39 is 0 Å². The average molecular weight is 266 g/mol. The van der Waals surface area contributed by atoms with Crippen LogP contribution in [0.2, 0.25) is 0 Å². The Morgan fingerprint density at radius 2 is 2.20 bits per heavy atom. The molecule has 0 spiro atoms. The van der Waals surface area contributed by atoms with Gasteiger partial charge in [0.05, 0.1) is 11.7 Å². The second-order valence-corrected chi connectivity index (χ2v) is 4.66. The van der Waals surface area contributed by atoms with E-state index in [1.807, 2.05) is 19.1 Å². The van der Waals surface area contributed by atoms with Crippen molar-refractivity contribution in [2.75, 3.05) is 0 Å². The molecule has 0 aliphatic heterocycles. The molecule has 100 valence electrons. The van der Waals surface area contributed by atoms with Crippen molar-refractivity contribution in [2.24, 2.45) is 0 Å². The van der Waals surface area contributed by atoms with Crippen LogP contribution in [0.3, 0.4) is 0 Å². The van der Waals surface area contributed by atoms with Gasteiger partial charge in [-0.1, -0.05) is 6.07 Å². The molecular weight excluding hydrogens is 252 g/mol. The number of benzene rings is 1. The first kappa shape index (κ1) is 12.3. The van der Waals surface area contributed by atoms with Crippen LogP contribution in [-0.2, 0) is 6.54 Å². The number of pyridine rings is 1. The van der Waals surface area contributed by atoms with E-state index in [0.717, 1.165) is 22.0 Å². The lowest BCUT2D eigenvalue weighted by atomic mass is 10.1. The van der Waals surface area contributed by atoms with Crippen LogP contribution >= 0.6 is 0 Å². The molecule has 0 unspecified atom stereocenters. The molecule has 0 bridgehead atoms. The number of amides is 1. The van der Waals surface area contributed by atoms with E-state index in [9.17, 15) is 4.79 Å². The van der Waals surface area contributed by atoms with Crippen LogP contribution in [0, 0.1) is 6.92 Å². The SMILES string of the molecule is Cc1ccncc1CNC(=O)c1ccc2cn[nH]c2c1. The summed E-state index contributed by atoms with van der Waals surface area (Å²) in [7, 11) is 0. The normalized spacial score (nSPS) is 10.7. The predicted octanol–water partition coefficient (Wildman–Crippen LogP) is 2.20. The molecule has 3 aromatic rings. The van der Waals surface area contributed by atoms with Gasteiger partial charge in [0.2, 0.25) is 0 Å². The van der Waals surface area contributed by atoms with Crippen molar-refractivity contribution in [3.05, 3.63) is 59.5 Å². The topological polar surface area (TPSA) is 70.7 Å². The van der Waals surface area contributed by atoms with Crippen LogP contribution in [0.25, 0.3) is 10.9 Å². The number of H-pyrrole nitrogens is 1. The van der Waals surface area contributed by atoms with Gasteiger partial charge < -0.3 is 5.32 Å². The Balaban J connectivity index is 1.74. The number of aromatic amines is 1. The minimum atomic E-state index is -0.107. The lowest BCUT2D eigenvalue weighted by Gasteiger charge is -2.07. The van der Waals surface area contributed by atoms with E-state index >= 15 is 0 Å². The van der Waals surface area contributed by atoms with Crippen molar-refractivity contribution in [1.82, 2.24) is 20.5 Å². The molecule has 0 saturated heterocycles. The molecule has 0 saturated carbocycles. The van der Waals surface area contributed by atoms with Crippen LogP contribution in [-0.4, -0.2) is 21.1 Å². The monoisotopic (exact) mass is 266 g/mol. The smallest absolute Gasteiger partial charge is 0.251 e. The van der Waals surface area contributed by atoms with Crippen LogP contribution in [0.1, 0.15) is 21.5 Å². The Morgan fingerprint density at radius 3 is 3.05 bits per heavy atom. The summed E-state index contributed by atoms with van der Waals surface area (Å²) in [4.78, 5) is 16.2. The molecule has 1 amide bonds. The number of carbonyl (C=O) groups excluding carboxylic acids is 1. The highest BCUT2D eigenvalue weighted by Gasteiger charge is 2.07. The van der Waals surface area contributed by atoms with E-state index in [1.165, 1.54) is 0 Å². The maximum Gasteiger partial charge on any atom is 0.251 e. The summed E-state index contributed by atoms with van der Waals surface area (Å²) in [6, 6.07) is 7.40. The lowest BCUT2D eigenvalue weighted by molar-refractivity contribution is 0.0951. The second-order valence-electron chi connectivity index (χ2n) is 4.66. The van der Waals surface area contributed by atoms with Gasteiger partial charge in [-0.3, -0.25) is 14.9 Å². The molecular formula is C15H14N4O. The maximum absolute atomic E-state index is 12.1. The number of fused-ring (bicyclic) bond motifs is 1. The largest absolute Gasteiger partial charge is 0.348 e. The van der Waals surface area contributed by atoms with Gasteiger partial charge in [-0.25, -0.2) is 0 Å². The average Bonchev–Trinajstić information content (AvgIpc) is 2.93. The number of aryl methyl sites for hydroxylation is 1. The van der Waals surface area contributed by atoms with Crippen LogP contribution in [0.4, 0.5) is 0 Å². The third-order valence-corrected chi connectivity index (χ3v) is 3.29. The summed E-state index contributed by atoms with van der Waals surface area (Å²) in [5, 5.41) is 10.7. The molecule has 2 N–H and O–H groups in total. The zero-order valence-corrected chi connectivity index (χ0v) is 11.1. The first-order valence-corrected chi connectivity index (χ1v) is 6.35. The first-order valence-electron chi connectivity index (χ1n) is 6.35. The highest BCUT2D eigenvalue weighted by Crippen LogP contribution is 2.13. The van der Waals surface area contributed by atoms with Gasteiger partial charge >= 0.3 is 0 Å². The highest BCUT2D eigenvalue weighted by atomic mass is 16.1. The van der Waals surface area contributed by atoms with Crippen LogP contribution in [0.5, 0.6) is 0 Å². The van der Waals surface area contributed by atoms with Crippen molar-refractivity contribution >= 4 is 16.8 Å². The fourth-order valence-corrected chi connectivity index (χ4v) is 2.04. The molecule has 2 aromatic heterocycles. The Morgan fingerprint density at radius 1 is 1.30 bits per heavy atom. The summed E-state index contributed by atoms with van der Waals surface area (Å²) in [5.74, 6) is -0.107. The van der Waals surface area contributed by atoms with E-state index in [4.69, 9.17) is 0 Å². The van der Waals surface area contributed by atoms with Gasteiger partial charge in [0, 0.05) is 29.9 Å². The minimum Gasteiger partial charge on any atom is -0.348 e. The number of aromatic nitrogens is 3. The van der Waals surface area contributed by atoms with Gasteiger partial charge in [0.1, 0.15) is 0 Å². The van der Waals surface area contributed by atoms with Crippen molar-refractivity contribution in [1.29, 1.82) is 0 Å². The molecule has 0 aliphatic rings. The maximum atomic E-state index is 12.1. The molecule has 2 heterocycles. The summed E-state index contributed by atoms with van der Waals surface area (Å²) < 4.78 is 0. The van der Waals surface area contributed by atoms with E-state index in [0.29, 0.717) is 12.1 Å². The van der Waals surface area contributed by atoms with Crippen molar-refractivity contribution in [3.63, 3.8) is 0 Å². The third-order valence-electron chi connectivity index (χ3n) is 3.29. The minimum absolute atomic E-state index is 0.107. The molecule has 0 radical (unpaired) electrons. The number of hydrogen-bond acceptors (Lipinski definition) is 3. The lowest BCUT2D eigenvalue weighted by Crippen LogP contribution is -2.23. The number of nitrogens with one attached hydrogen (secondary N) is 2. The third kappa shape index (κ3) is 2.38. The summed E-state index contributed by atoms with van der Waals surface area (Å²) >= 11 is 0. The Bertz CT molecular complexity index is 763. The zero-order valence-electron chi connectivity index (χ0n) is 11.1. The molecule has 0 aliphatic carbocycles. The Kier molecular flexibility index (Phi) is 3.16. The van der Waals surface area contributed by atoms with Crippen LogP contribution < -0.4 is 5.32 Å². The molecule has 3 rings (SSSR count). The van der Waals surface area contributed by atoms with Crippen LogP contribution in [0.15, 0.2) is 42.9 Å². The Labute approximate surface area is 116 Å². The number of rotatable bonds is 3. The first-order chi connectivity index (χ1) is 9.74. The van der Waals surface area contributed by atoms with Gasteiger partial charge in [0.15, 0.2) is 0 Å². The highest BCUT2D eigenvalue weighted by molar-refractivity contribution is 5.97. The van der Waals surface area contributed by atoms with E-state index in [2.05, 4.69) is 20.5 Å². The fourth-order valence-electron chi connectivity index (χ4n) is 2.04. The van der Waals surface area contributed by atoms with Gasteiger partial charge in [-0.15, -0.1) is 0 Å².